The molecule has 162 valence electrons. The minimum Gasteiger partial charge on any atom is -0.393 e. The van der Waals surface area contributed by atoms with Gasteiger partial charge >= 0.3 is 0 Å². The van der Waals surface area contributed by atoms with E-state index in [-0.39, 0.29) is 11.5 Å². The van der Waals surface area contributed by atoms with Gasteiger partial charge in [-0.3, -0.25) is 4.98 Å². The Bertz CT molecular complexity index is 868. The molecule has 0 aliphatic carbocycles. The zero-order chi connectivity index (χ0) is 21.5. The number of hydrogen-bond acceptors (Lipinski definition) is 5. The van der Waals surface area contributed by atoms with Crippen LogP contribution >= 0.6 is 0 Å². The molecule has 3 heterocycles. The van der Waals surface area contributed by atoms with Gasteiger partial charge in [0.05, 0.1) is 18.0 Å². The molecule has 4 rings (SSSR count). The highest BCUT2D eigenvalue weighted by Crippen LogP contribution is 2.50. The predicted molar refractivity (Wildman–Crippen MR) is 121 cm³/mol. The van der Waals surface area contributed by atoms with Crippen molar-refractivity contribution in [3.05, 3.63) is 59.4 Å². The van der Waals surface area contributed by atoms with E-state index in [0.717, 1.165) is 55.8 Å². The number of anilines is 1. The van der Waals surface area contributed by atoms with Crippen molar-refractivity contribution >= 4 is 5.69 Å². The zero-order valence-electron chi connectivity index (χ0n) is 18.7. The summed E-state index contributed by atoms with van der Waals surface area (Å²) >= 11 is 0. The topological polar surface area (TPSA) is 59.8 Å². The van der Waals surface area contributed by atoms with Crippen LogP contribution in [-0.2, 0) is 5.60 Å². The number of rotatable bonds is 5. The van der Waals surface area contributed by atoms with E-state index < -0.39 is 5.60 Å². The van der Waals surface area contributed by atoms with Crippen LogP contribution in [0.2, 0.25) is 0 Å². The van der Waals surface area contributed by atoms with E-state index >= 15 is 0 Å². The standard InChI is InChI=1S/C25H35N3O2/c1-18(2)19-5-7-20(8-6-19)25(30,24(3)16-27(4)17-24)21-13-22(15-26-14-21)28-11-9-23(29)10-12-28/h5-8,13-15,18,23,29-30H,9-12,16-17H2,1-4H3. The minimum absolute atomic E-state index is 0.210. The summed E-state index contributed by atoms with van der Waals surface area (Å²) in [7, 11) is 2.09. The maximum atomic E-state index is 12.3. The van der Waals surface area contributed by atoms with Crippen LogP contribution in [0.5, 0.6) is 0 Å². The molecule has 2 saturated heterocycles. The number of hydrogen-bond donors (Lipinski definition) is 2. The van der Waals surface area contributed by atoms with Crippen molar-refractivity contribution in [2.45, 2.75) is 51.2 Å². The van der Waals surface area contributed by atoms with Gasteiger partial charge in [0.2, 0.25) is 0 Å². The summed E-state index contributed by atoms with van der Waals surface area (Å²) < 4.78 is 0. The average molecular weight is 410 g/mol. The molecule has 0 bridgehead atoms. The lowest BCUT2D eigenvalue weighted by atomic mass is 9.62. The number of nitrogens with zero attached hydrogens (tertiary/aromatic N) is 3. The van der Waals surface area contributed by atoms with Crippen molar-refractivity contribution in [1.29, 1.82) is 0 Å². The maximum Gasteiger partial charge on any atom is 0.124 e. The largest absolute Gasteiger partial charge is 0.393 e. The van der Waals surface area contributed by atoms with Crippen molar-refractivity contribution in [1.82, 2.24) is 9.88 Å². The first-order chi connectivity index (χ1) is 14.2. The molecule has 1 atom stereocenters. The third kappa shape index (κ3) is 3.64. The molecular formula is C25H35N3O2. The van der Waals surface area contributed by atoms with Crippen LogP contribution in [0.15, 0.2) is 42.7 Å². The van der Waals surface area contributed by atoms with E-state index in [1.165, 1.54) is 5.56 Å². The number of piperidine rings is 1. The van der Waals surface area contributed by atoms with Crippen LogP contribution in [0.25, 0.3) is 0 Å². The molecule has 2 fully saturated rings. The van der Waals surface area contributed by atoms with Gasteiger partial charge in [-0.05, 0) is 43.0 Å². The van der Waals surface area contributed by atoms with Gasteiger partial charge in [0, 0.05) is 43.4 Å². The van der Waals surface area contributed by atoms with Crippen molar-refractivity contribution in [3.8, 4) is 0 Å². The molecule has 2 aliphatic rings. The fourth-order valence-electron chi connectivity index (χ4n) is 5.27. The molecule has 2 aliphatic heterocycles. The molecule has 0 radical (unpaired) electrons. The molecule has 1 unspecified atom stereocenters. The SMILES string of the molecule is CC(C)c1ccc(C(O)(c2cncc(N3CCC(O)CC3)c2)C2(C)CN(C)C2)cc1. The van der Waals surface area contributed by atoms with Gasteiger partial charge in [-0.15, -0.1) is 0 Å². The van der Waals surface area contributed by atoms with Crippen LogP contribution < -0.4 is 4.90 Å². The van der Waals surface area contributed by atoms with Gasteiger partial charge in [0.25, 0.3) is 0 Å². The molecule has 30 heavy (non-hydrogen) atoms. The highest BCUT2D eigenvalue weighted by Gasteiger charge is 2.55. The molecule has 0 amide bonds. The van der Waals surface area contributed by atoms with E-state index in [9.17, 15) is 10.2 Å². The Labute approximate surface area is 180 Å². The Morgan fingerprint density at radius 3 is 2.27 bits per heavy atom. The summed E-state index contributed by atoms with van der Waals surface area (Å²) in [6.45, 7) is 9.83. The van der Waals surface area contributed by atoms with Gasteiger partial charge in [-0.2, -0.15) is 0 Å². The second-order valence-electron chi connectivity index (χ2n) is 9.87. The molecule has 2 aromatic rings. The van der Waals surface area contributed by atoms with Crippen LogP contribution in [0.3, 0.4) is 0 Å². The molecule has 1 aromatic carbocycles. The first-order valence-corrected chi connectivity index (χ1v) is 11.1. The monoisotopic (exact) mass is 409 g/mol. The van der Waals surface area contributed by atoms with E-state index in [2.05, 4.69) is 72.9 Å². The number of pyridine rings is 1. The van der Waals surface area contributed by atoms with Gasteiger partial charge in [0.1, 0.15) is 5.60 Å². The number of aliphatic hydroxyl groups is 2. The summed E-state index contributed by atoms with van der Waals surface area (Å²) in [4.78, 5) is 9.04. The number of aliphatic hydroxyl groups excluding tert-OH is 1. The second-order valence-corrected chi connectivity index (χ2v) is 9.87. The summed E-state index contributed by atoms with van der Waals surface area (Å²) in [6.07, 6.45) is 5.03. The van der Waals surface area contributed by atoms with Crippen molar-refractivity contribution in [2.75, 3.05) is 38.1 Å². The Balaban J connectivity index is 1.74. The maximum absolute atomic E-state index is 12.3. The summed E-state index contributed by atoms with van der Waals surface area (Å²) in [5, 5.41) is 22.2. The van der Waals surface area contributed by atoms with Crippen molar-refractivity contribution in [2.24, 2.45) is 5.41 Å². The molecule has 5 heteroatoms. The summed E-state index contributed by atoms with van der Waals surface area (Å²) in [5.41, 5.74) is 2.66. The minimum atomic E-state index is -1.12. The Morgan fingerprint density at radius 1 is 1.07 bits per heavy atom. The van der Waals surface area contributed by atoms with Gasteiger partial charge in [-0.1, -0.05) is 45.0 Å². The molecule has 0 spiro atoms. The quantitative estimate of drug-likeness (QED) is 0.793. The van der Waals surface area contributed by atoms with Crippen molar-refractivity contribution < 1.29 is 10.2 Å². The van der Waals surface area contributed by atoms with E-state index in [1.54, 1.807) is 0 Å². The second kappa shape index (κ2) is 7.95. The third-order valence-electron chi connectivity index (χ3n) is 7.08. The lowest BCUT2D eigenvalue weighted by Gasteiger charge is -2.56. The Hall–Kier alpha value is -1.95. The lowest BCUT2D eigenvalue weighted by Crippen LogP contribution is -2.63. The van der Waals surface area contributed by atoms with E-state index in [1.807, 2.05) is 12.4 Å². The smallest absolute Gasteiger partial charge is 0.124 e. The van der Waals surface area contributed by atoms with E-state index in [4.69, 9.17) is 0 Å². The van der Waals surface area contributed by atoms with Crippen LogP contribution in [0.1, 0.15) is 56.2 Å². The van der Waals surface area contributed by atoms with Gasteiger partial charge < -0.3 is 20.0 Å². The zero-order valence-corrected chi connectivity index (χ0v) is 18.7. The van der Waals surface area contributed by atoms with Crippen LogP contribution in [0.4, 0.5) is 5.69 Å². The summed E-state index contributed by atoms with van der Waals surface area (Å²) in [5.74, 6) is 0.456. The van der Waals surface area contributed by atoms with Gasteiger partial charge in [0.15, 0.2) is 0 Å². The van der Waals surface area contributed by atoms with Crippen LogP contribution in [-0.4, -0.2) is 59.4 Å². The van der Waals surface area contributed by atoms with E-state index in [0.29, 0.717) is 5.92 Å². The van der Waals surface area contributed by atoms with Crippen LogP contribution in [0, 0.1) is 5.41 Å². The molecule has 0 saturated carbocycles. The molecular weight excluding hydrogens is 374 g/mol. The fraction of sp³-hybridized carbons (Fsp3) is 0.560. The lowest BCUT2D eigenvalue weighted by molar-refractivity contribution is -0.127. The third-order valence-corrected chi connectivity index (χ3v) is 7.08. The molecule has 2 N–H and O–H groups in total. The average Bonchev–Trinajstić information content (AvgIpc) is 2.72. The number of benzene rings is 1. The summed E-state index contributed by atoms with van der Waals surface area (Å²) in [6, 6.07) is 10.6. The van der Waals surface area contributed by atoms with Crippen molar-refractivity contribution in [3.63, 3.8) is 0 Å². The molecule has 5 nitrogen and oxygen atoms in total. The highest BCUT2D eigenvalue weighted by molar-refractivity contribution is 5.51. The number of likely N-dealkylation sites (tertiary alicyclic amines) is 1. The molecule has 1 aromatic heterocycles. The predicted octanol–water partition coefficient (Wildman–Crippen LogP) is 3.35. The Kier molecular flexibility index (Phi) is 5.64. The normalized spacial score (nSPS) is 22.0. The first kappa shape index (κ1) is 21.3. The Morgan fingerprint density at radius 2 is 1.70 bits per heavy atom. The number of aromatic nitrogens is 1. The fourth-order valence-corrected chi connectivity index (χ4v) is 5.27. The highest BCUT2D eigenvalue weighted by atomic mass is 16.3. The first-order valence-electron chi connectivity index (χ1n) is 11.1. The van der Waals surface area contributed by atoms with Gasteiger partial charge in [-0.25, -0.2) is 0 Å².